The van der Waals surface area contributed by atoms with E-state index in [1.165, 1.54) is 38.5 Å². The molecule has 3 heteroatoms. The van der Waals surface area contributed by atoms with Gasteiger partial charge in [-0.15, -0.1) is 0 Å². The molecular formula is C28H46O3. The van der Waals surface area contributed by atoms with Gasteiger partial charge in [0.2, 0.25) is 0 Å². The second kappa shape index (κ2) is 9.20. The van der Waals surface area contributed by atoms with E-state index in [1.807, 2.05) is 0 Å². The minimum atomic E-state index is -0.116. The third kappa shape index (κ3) is 4.25. The van der Waals surface area contributed by atoms with Crippen LogP contribution in [0.5, 0.6) is 0 Å². The summed E-state index contributed by atoms with van der Waals surface area (Å²) in [5, 5.41) is 10.2. The molecule has 8 atom stereocenters. The average Bonchev–Trinajstić information content (AvgIpc) is 3.10. The van der Waals surface area contributed by atoms with E-state index in [4.69, 9.17) is 4.74 Å². The van der Waals surface area contributed by atoms with Crippen LogP contribution in [-0.4, -0.2) is 23.8 Å². The highest BCUT2D eigenvalue weighted by molar-refractivity contribution is 5.69. The Morgan fingerprint density at radius 1 is 1.19 bits per heavy atom. The van der Waals surface area contributed by atoms with Crippen molar-refractivity contribution in [2.24, 2.45) is 40.4 Å². The largest absolute Gasteiger partial charge is 0.466 e. The highest BCUT2D eigenvalue weighted by atomic mass is 16.5. The molecule has 4 aliphatic rings. The number of fused-ring (bicyclic) bond motifs is 5. The summed E-state index contributed by atoms with van der Waals surface area (Å²) >= 11 is 0. The van der Waals surface area contributed by atoms with E-state index >= 15 is 0 Å². The average molecular weight is 431 g/mol. The number of esters is 1. The molecule has 0 aromatic heterocycles. The number of hydrogen-bond acceptors (Lipinski definition) is 3. The number of unbranched alkanes of at least 4 members (excludes halogenated alkanes) is 1. The van der Waals surface area contributed by atoms with Crippen molar-refractivity contribution in [3.05, 3.63) is 11.6 Å². The smallest absolute Gasteiger partial charge is 0.305 e. The van der Waals surface area contributed by atoms with Crippen molar-refractivity contribution >= 4 is 5.97 Å². The summed E-state index contributed by atoms with van der Waals surface area (Å²) in [5.41, 5.74) is 2.33. The number of aliphatic hydroxyl groups is 1. The highest BCUT2D eigenvalue weighted by Crippen LogP contribution is 2.67. The zero-order valence-electron chi connectivity index (χ0n) is 20.5. The second-order valence-electron chi connectivity index (χ2n) is 12.0. The third-order valence-corrected chi connectivity index (χ3v) is 10.4. The van der Waals surface area contributed by atoms with Gasteiger partial charge in [0.1, 0.15) is 0 Å². The van der Waals surface area contributed by atoms with E-state index in [2.05, 4.69) is 33.8 Å². The van der Waals surface area contributed by atoms with Crippen LogP contribution in [0.15, 0.2) is 11.6 Å². The van der Waals surface area contributed by atoms with Gasteiger partial charge >= 0.3 is 5.97 Å². The number of rotatable bonds is 7. The molecule has 0 aromatic rings. The van der Waals surface area contributed by atoms with Gasteiger partial charge in [0.15, 0.2) is 0 Å². The van der Waals surface area contributed by atoms with Crippen molar-refractivity contribution in [3.63, 3.8) is 0 Å². The standard InChI is InChI=1S/C28H46O3/c1-5-6-17-31-26(30)12-7-19(2)23-10-11-24-22-9-8-20-18-21(29)13-15-27(20,3)25(22)14-16-28(23,24)4/h8,19,21-25,29H,5-7,9-18H2,1-4H3/t19-,21+,22+,23-,24+,25+,27+,28-/m1/s1. The molecule has 0 radical (unpaired) electrons. The Balaban J connectivity index is 1.41. The van der Waals surface area contributed by atoms with Crippen LogP contribution in [0.4, 0.5) is 0 Å². The Labute approximate surface area is 190 Å². The lowest BCUT2D eigenvalue weighted by Gasteiger charge is -2.58. The van der Waals surface area contributed by atoms with Crippen molar-refractivity contribution in [2.75, 3.05) is 6.61 Å². The maximum absolute atomic E-state index is 12.1. The van der Waals surface area contributed by atoms with Crippen LogP contribution < -0.4 is 0 Å². The van der Waals surface area contributed by atoms with E-state index in [-0.39, 0.29) is 12.1 Å². The van der Waals surface area contributed by atoms with Crippen LogP contribution >= 0.6 is 0 Å². The predicted octanol–water partition coefficient (Wildman–Crippen LogP) is 6.69. The minimum Gasteiger partial charge on any atom is -0.466 e. The molecule has 4 rings (SSSR count). The van der Waals surface area contributed by atoms with Crippen LogP contribution in [0.1, 0.15) is 105 Å². The molecular weight excluding hydrogens is 384 g/mol. The fourth-order valence-corrected chi connectivity index (χ4v) is 8.57. The number of aliphatic hydroxyl groups excluding tert-OH is 1. The molecule has 0 aliphatic heterocycles. The van der Waals surface area contributed by atoms with Crippen molar-refractivity contribution in [1.82, 2.24) is 0 Å². The van der Waals surface area contributed by atoms with Crippen molar-refractivity contribution in [1.29, 1.82) is 0 Å². The summed E-state index contributed by atoms with van der Waals surface area (Å²) in [4.78, 5) is 12.1. The molecule has 0 unspecified atom stereocenters. The van der Waals surface area contributed by atoms with Crippen LogP contribution in [0.2, 0.25) is 0 Å². The van der Waals surface area contributed by atoms with Gasteiger partial charge < -0.3 is 9.84 Å². The minimum absolute atomic E-state index is 0.000987. The topological polar surface area (TPSA) is 46.5 Å². The van der Waals surface area contributed by atoms with E-state index in [0.29, 0.717) is 29.8 Å². The van der Waals surface area contributed by atoms with E-state index in [9.17, 15) is 9.90 Å². The summed E-state index contributed by atoms with van der Waals surface area (Å²) < 4.78 is 5.40. The third-order valence-electron chi connectivity index (χ3n) is 10.4. The molecule has 4 aliphatic carbocycles. The van der Waals surface area contributed by atoms with Crippen LogP contribution in [0, 0.1) is 40.4 Å². The first-order valence-corrected chi connectivity index (χ1v) is 13.3. The van der Waals surface area contributed by atoms with Gasteiger partial charge in [0.05, 0.1) is 12.7 Å². The molecule has 31 heavy (non-hydrogen) atoms. The summed E-state index contributed by atoms with van der Waals surface area (Å²) in [6.45, 7) is 10.2. The lowest BCUT2D eigenvalue weighted by atomic mass is 9.47. The van der Waals surface area contributed by atoms with Crippen LogP contribution in [0.3, 0.4) is 0 Å². The molecule has 3 fully saturated rings. The van der Waals surface area contributed by atoms with Crippen molar-refractivity contribution in [3.8, 4) is 0 Å². The lowest BCUT2D eigenvalue weighted by molar-refractivity contribution is -0.144. The first-order valence-electron chi connectivity index (χ1n) is 13.3. The number of carbonyl (C=O) groups is 1. The first-order chi connectivity index (χ1) is 14.8. The van der Waals surface area contributed by atoms with E-state index in [0.717, 1.165) is 55.8 Å². The van der Waals surface area contributed by atoms with Gasteiger partial charge in [-0.3, -0.25) is 4.79 Å². The van der Waals surface area contributed by atoms with Crippen LogP contribution in [-0.2, 0) is 9.53 Å². The fourth-order valence-electron chi connectivity index (χ4n) is 8.57. The molecule has 0 amide bonds. The zero-order chi connectivity index (χ0) is 22.2. The van der Waals surface area contributed by atoms with Gasteiger partial charge in [-0.25, -0.2) is 0 Å². The maximum atomic E-state index is 12.1. The number of allylic oxidation sites excluding steroid dienone is 1. The van der Waals surface area contributed by atoms with E-state index < -0.39 is 0 Å². The molecule has 3 nitrogen and oxygen atoms in total. The molecule has 1 N–H and O–H groups in total. The zero-order valence-corrected chi connectivity index (χ0v) is 20.5. The molecule has 0 aromatic carbocycles. The van der Waals surface area contributed by atoms with E-state index in [1.54, 1.807) is 5.57 Å². The Morgan fingerprint density at radius 2 is 2.00 bits per heavy atom. The van der Waals surface area contributed by atoms with Crippen molar-refractivity contribution in [2.45, 2.75) is 111 Å². The normalized spacial score (nSPS) is 42.7. The fraction of sp³-hybridized carbons (Fsp3) is 0.893. The van der Waals surface area contributed by atoms with Gasteiger partial charge in [-0.1, -0.05) is 45.8 Å². The summed E-state index contributed by atoms with van der Waals surface area (Å²) in [5.74, 6) is 3.80. The number of ether oxygens (including phenoxy) is 1. The first kappa shape index (κ1) is 23.3. The summed E-state index contributed by atoms with van der Waals surface area (Å²) in [7, 11) is 0. The Morgan fingerprint density at radius 3 is 2.77 bits per heavy atom. The predicted molar refractivity (Wildman–Crippen MR) is 125 cm³/mol. The molecule has 0 bridgehead atoms. The summed E-state index contributed by atoms with van der Waals surface area (Å²) in [6.07, 6.45) is 15.7. The van der Waals surface area contributed by atoms with Gasteiger partial charge in [0, 0.05) is 6.42 Å². The molecule has 0 spiro atoms. The Kier molecular flexibility index (Phi) is 6.92. The SMILES string of the molecule is CCCCOC(=O)CC[C@@H](C)[C@H]1CC[C@H]2[C@@H]3CC=C4C[C@@H](O)CC[C@]4(C)[C@H]3CC[C@]12C. The Bertz CT molecular complexity index is 684. The van der Waals surface area contributed by atoms with Gasteiger partial charge in [-0.2, -0.15) is 0 Å². The molecule has 0 heterocycles. The maximum Gasteiger partial charge on any atom is 0.305 e. The van der Waals surface area contributed by atoms with Crippen molar-refractivity contribution < 1.29 is 14.6 Å². The second-order valence-corrected chi connectivity index (χ2v) is 12.0. The molecule has 3 saturated carbocycles. The highest BCUT2D eigenvalue weighted by Gasteiger charge is 2.59. The lowest BCUT2D eigenvalue weighted by Crippen LogP contribution is -2.50. The van der Waals surface area contributed by atoms with Gasteiger partial charge in [-0.05, 0) is 105 Å². The Hall–Kier alpha value is -0.830. The summed E-state index contributed by atoms with van der Waals surface area (Å²) in [6, 6.07) is 0. The molecule has 0 saturated heterocycles. The number of carbonyl (C=O) groups excluding carboxylic acids is 1. The quantitative estimate of drug-likeness (QED) is 0.278. The monoisotopic (exact) mass is 430 g/mol. The van der Waals surface area contributed by atoms with Gasteiger partial charge in [0.25, 0.3) is 0 Å². The van der Waals surface area contributed by atoms with Crippen LogP contribution in [0.25, 0.3) is 0 Å². The molecule has 176 valence electrons. The number of hydrogen-bond donors (Lipinski definition) is 1.